The van der Waals surface area contributed by atoms with Crippen molar-refractivity contribution in [2.45, 2.75) is 19.8 Å². The number of hydrogen-bond acceptors (Lipinski definition) is 4. The van der Waals surface area contributed by atoms with E-state index in [1.807, 2.05) is 20.0 Å². The molecule has 108 valence electrons. The molecule has 0 bridgehead atoms. The van der Waals surface area contributed by atoms with E-state index >= 15 is 0 Å². The van der Waals surface area contributed by atoms with Crippen LogP contribution in [-0.2, 0) is 4.79 Å². The molecule has 1 saturated carbocycles. The molecule has 1 aliphatic carbocycles. The number of fused-ring (bicyclic) bond motifs is 1. The fourth-order valence-corrected chi connectivity index (χ4v) is 2.32. The average molecular weight is 282 g/mol. The molecule has 0 aromatic carbocycles. The first kappa shape index (κ1) is 13.5. The molecule has 3 rings (SSSR count). The van der Waals surface area contributed by atoms with Gasteiger partial charge < -0.3 is 10.6 Å². The molecule has 5 nitrogen and oxygen atoms in total. The minimum atomic E-state index is 0.0571. The van der Waals surface area contributed by atoms with Crippen molar-refractivity contribution in [2.75, 3.05) is 17.7 Å². The van der Waals surface area contributed by atoms with Gasteiger partial charge in [-0.05, 0) is 36.8 Å². The molecule has 1 fully saturated rings. The molecule has 0 unspecified atom stereocenters. The highest BCUT2D eigenvalue weighted by Gasteiger charge is 2.29. The Bertz CT molecular complexity index is 734. The predicted octanol–water partition coefficient (Wildman–Crippen LogP) is 3.05. The molecule has 1 aliphatic rings. The minimum absolute atomic E-state index is 0.0571. The summed E-state index contributed by atoms with van der Waals surface area (Å²) in [6.45, 7) is 5.93. The van der Waals surface area contributed by atoms with Gasteiger partial charge in [0, 0.05) is 36.3 Å². The SMILES string of the molecule is C=C(C)c1cnc(NC)c2cnc(NC(=O)C3CC3)cc12. The molecule has 0 atom stereocenters. The van der Waals surface area contributed by atoms with E-state index in [0.717, 1.165) is 40.6 Å². The largest absolute Gasteiger partial charge is 0.373 e. The van der Waals surface area contributed by atoms with E-state index in [9.17, 15) is 4.79 Å². The number of rotatable bonds is 4. The second kappa shape index (κ2) is 5.16. The highest BCUT2D eigenvalue weighted by Crippen LogP contribution is 2.32. The molecule has 21 heavy (non-hydrogen) atoms. The van der Waals surface area contributed by atoms with Crippen molar-refractivity contribution in [3.63, 3.8) is 0 Å². The van der Waals surface area contributed by atoms with Crippen LogP contribution in [-0.4, -0.2) is 22.9 Å². The highest BCUT2D eigenvalue weighted by molar-refractivity contribution is 6.01. The zero-order chi connectivity index (χ0) is 15.0. The van der Waals surface area contributed by atoms with E-state index in [-0.39, 0.29) is 11.8 Å². The maximum Gasteiger partial charge on any atom is 0.228 e. The van der Waals surface area contributed by atoms with Gasteiger partial charge in [-0.2, -0.15) is 0 Å². The lowest BCUT2D eigenvalue weighted by atomic mass is 10.0. The number of anilines is 2. The molecule has 5 heteroatoms. The third kappa shape index (κ3) is 2.59. The number of carbonyl (C=O) groups is 1. The quantitative estimate of drug-likeness (QED) is 0.904. The standard InChI is InChI=1S/C16H18N4O/c1-9(2)12-7-19-15(17-3)13-8-18-14(6-11(12)13)20-16(21)10-4-5-10/h6-8,10H,1,4-5H2,2-3H3,(H,17,19)(H,18,20,21). The van der Waals surface area contributed by atoms with Gasteiger partial charge in [0.2, 0.25) is 5.91 Å². The van der Waals surface area contributed by atoms with E-state index in [4.69, 9.17) is 0 Å². The monoisotopic (exact) mass is 282 g/mol. The smallest absolute Gasteiger partial charge is 0.228 e. The van der Waals surface area contributed by atoms with Crippen LogP contribution in [0.3, 0.4) is 0 Å². The first-order valence-electron chi connectivity index (χ1n) is 7.03. The fraction of sp³-hybridized carbons (Fsp3) is 0.312. The van der Waals surface area contributed by atoms with Crippen molar-refractivity contribution in [2.24, 2.45) is 5.92 Å². The molecule has 2 aromatic heterocycles. The topological polar surface area (TPSA) is 66.9 Å². The first-order chi connectivity index (χ1) is 10.1. The first-order valence-corrected chi connectivity index (χ1v) is 7.03. The summed E-state index contributed by atoms with van der Waals surface area (Å²) in [7, 11) is 1.82. The zero-order valence-electron chi connectivity index (χ0n) is 12.2. The molecular formula is C16H18N4O. The second-order valence-electron chi connectivity index (χ2n) is 5.43. The van der Waals surface area contributed by atoms with Gasteiger partial charge in [0.05, 0.1) is 0 Å². The predicted molar refractivity (Wildman–Crippen MR) is 85.1 cm³/mol. The highest BCUT2D eigenvalue weighted by atomic mass is 16.2. The Kier molecular flexibility index (Phi) is 3.33. The van der Waals surface area contributed by atoms with Gasteiger partial charge in [0.15, 0.2) is 0 Å². The number of nitrogens with one attached hydrogen (secondary N) is 2. The Morgan fingerprint density at radius 3 is 2.67 bits per heavy atom. The minimum Gasteiger partial charge on any atom is -0.373 e. The van der Waals surface area contributed by atoms with Gasteiger partial charge in [-0.25, -0.2) is 9.97 Å². The Labute approximate surface area is 123 Å². The third-order valence-corrected chi connectivity index (χ3v) is 3.67. The van der Waals surface area contributed by atoms with E-state index in [1.54, 1.807) is 12.4 Å². The van der Waals surface area contributed by atoms with Crippen LogP contribution in [0.2, 0.25) is 0 Å². The fourth-order valence-electron chi connectivity index (χ4n) is 2.32. The van der Waals surface area contributed by atoms with Crippen molar-refractivity contribution in [3.05, 3.63) is 30.6 Å². The molecule has 0 spiro atoms. The number of carbonyl (C=O) groups excluding carboxylic acids is 1. The summed E-state index contributed by atoms with van der Waals surface area (Å²) < 4.78 is 0. The molecule has 2 aromatic rings. The lowest BCUT2D eigenvalue weighted by Crippen LogP contribution is -2.14. The normalized spacial score (nSPS) is 14.0. The van der Waals surface area contributed by atoms with E-state index in [2.05, 4.69) is 27.2 Å². The second-order valence-corrected chi connectivity index (χ2v) is 5.43. The van der Waals surface area contributed by atoms with Crippen molar-refractivity contribution >= 4 is 33.9 Å². The van der Waals surface area contributed by atoms with Crippen LogP contribution < -0.4 is 10.6 Å². The molecular weight excluding hydrogens is 264 g/mol. The van der Waals surface area contributed by atoms with Crippen LogP contribution in [0.4, 0.5) is 11.6 Å². The lowest BCUT2D eigenvalue weighted by Gasteiger charge is -2.11. The summed E-state index contributed by atoms with van der Waals surface area (Å²) in [6, 6.07) is 1.89. The molecule has 2 N–H and O–H groups in total. The van der Waals surface area contributed by atoms with Crippen LogP contribution in [0.5, 0.6) is 0 Å². The summed E-state index contributed by atoms with van der Waals surface area (Å²) in [6.07, 6.45) is 5.49. The Morgan fingerprint density at radius 2 is 2.05 bits per heavy atom. The van der Waals surface area contributed by atoms with Gasteiger partial charge in [-0.3, -0.25) is 4.79 Å². The Balaban J connectivity index is 2.07. The molecule has 1 amide bonds. The Hall–Kier alpha value is -2.43. The molecule has 0 aliphatic heterocycles. The summed E-state index contributed by atoms with van der Waals surface area (Å²) in [5.74, 6) is 1.56. The van der Waals surface area contributed by atoms with Crippen LogP contribution in [0.15, 0.2) is 25.0 Å². The van der Waals surface area contributed by atoms with Crippen LogP contribution in [0.25, 0.3) is 16.3 Å². The van der Waals surface area contributed by atoms with Gasteiger partial charge >= 0.3 is 0 Å². The van der Waals surface area contributed by atoms with Crippen molar-refractivity contribution in [3.8, 4) is 0 Å². The Morgan fingerprint density at radius 1 is 1.29 bits per heavy atom. The van der Waals surface area contributed by atoms with Crippen LogP contribution in [0, 0.1) is 5.92 Å². The molecule has 0 radical (unpaired) electrons. The number of aromatic nitrogens is 2. The van der Waals surface area contributed by atoms with E-state index in [0.29, 0.717) is 5.82 Å². The number of hydrogen-bond donors (Lipinski definition) is 2. The van der Waals surface area contributed by atoms with Crippen molar-refractivity contribution in [1.82, 2.24) is 9.97 Å². The van der Waals surface area contributed by atoms with E-state index < -0.39 is 0 Å². The third-order valence-electron chi connectivity index (χ3n) is 3.67. The lowest BCUT2D eigenvalue weighted by molar-refractivity contribution is -0.117. The van der Waals surface area contributed by atoms with E-state index in [1.165, 1.54) is 0 Å². The molecule has 0 saturated heterocycles. The van der Waals surface area contributed by atoms with Crippen LogP contribution >= 0.6 is 0 Å². The van der Waals surface area contributed by atoms with Gasteiger partial charge in [0.25, 0.3) is 0 Å². The van der Waals surface area contributed by atoms with Crippen molar-refractivity contribution in [1.29, 1.82) is 0 Å². The maximum atomic E-state index is 11.9. The van der Waals surface area contributed by atoms with Gasteiger partial charge in [-0.1, -0.05) is 6.58 Å². The summed E-state index contributed by atoms with van der Waals surface area (Å²) >= 11 is 0. The number of amides is 1. The summed E-state index contributed by atoms with van der Waals surface area (Å²) in [4.78, 5) is 20.6. The van der Waals surface area contributed by atoms with Gasteiger partial charge in [-0.15, -0.1) is 0 Å². The number of pyridine rings is 2. The average Bonchev–Trinajstić information content (AvgIpc) is 3.30. The number of nitrogens with zero attached hydrogens (tertiary/aromatic N) is 2. The van der Waals surface area contributed by atoms with Gasteiger partial charge in [0.1, 0.15) is 11.6 Å². The van der Waals surface area contributed by atoms with Crippen LogP contribution in [0.1, 0.15) is 25.3 Å². The summed E-state index contributed by atoms with van der Waals surface area (Å²) in [5.41, 5.74) is 1.90. The molecule has 2 heterocycles. The maximum absolute atomic E-state index is 11.9. The van der Waals surface area contributed by atoms with Crippen molar-refractivity contribution < 1.29 is 4.79 Å². The number of allylic oxidation sites excluding steroid dienone is 1. The zero-order valence-corrected chi connectivity index (χ0v) is 12.2. The summed E-state index contributed by atoms with van der Waals surface area (Å²) in [5, 5.41) is 7.84.